The number of amides is 1. The number of carbonyl (C=O) groups is 2. The average Bonchev–Trinajstić information content (AvgIpc) is 3.10. The minimum atomic E-state index is -0.846. The van der Waals surface area contributed by atoms with Crippen molar-refractivity contribution in [2.24, 2.45) is 11.3 Å². The highest BCUT2D eigenvalue weighted by molar-refractivity contribution is 5.80. The van der Waals surface area contributed by atoms with Crippen LogP contribution in [0.1, 0.15) is 6.92 Å². The Morgan fingerprint density at radius 2 is 2.04 bits per heavy atom. The molecule has 2 fully saturated rings. The summed E-state index contributed by atoms with van der Waals surface area (Å²) in [6.45, 7) is 4.59. The van der Waals surface area contributed by atoms with Crippen LogP contribution in [-0.2, 0) is 9.59 Å². The van der Waals surface area contributed by atoms with Gasteiger partial charge in [0.2, 0.25) is 5.91 Å². The molecule has 0 unspecified atom stereocenters. The molecule has 7 nitrogen and oxygen atoms in total. The van der Waals surface area contributed by atoms with Crippen molar-refractivity contribution in [2.45, 2.75) is 6.92 Å². The lowest BCUT2D eigenvalue weighted by molar-refractivity contribution is -0.149. The van der Waals surface area contributed by atoms with Gasteiger partial charge in [0.15, 0.2) is 0 Å². The molecule has 1 aromatic carbocycles. The van der Waals surface area contributed by atoms with E-state index in [2.05, 4.69) is 4.90 Å². The predicted molar refractivity (Wildman–Crippen MR) is 90.7 cm³/mol. The van der Waals surface area contributed by atoms with E-state index >= 15 is 0 Å². The molecule has 0 saturated carbocycles. The van der Waals surface area contributed by atoms with Crippen LogP contribution in [-0.4, -0.2) is 73.2 Å². The summed E-state index contributed by atoms with van der Waals surface area (Å²) in [6, 6.07) is 7.41. The van der Waals surface area contributed by atoms with E-state index in [4.69, 9.17) is 9.47 Å². The highest BCUT2D eigenvalue weighted by Crippen LogP contribution is 2.42. The molecule has 2 aliphatic rings. The molecule has 25 heavy (non-hydrogen) atoms. The van der Waals surface area contributed by atoms with Gasteiger partial charge < -0.3 is 19.5 Å². The lowest BCUT2D eigenvalue weighted by atomic mass is 9.81. The highest BCUT2D eigenvalue weighted by Gasteiger charge is 2.57. The Hall–Kier alpha value is -2.28. The van der Waals surface area contributed by atoms with Crippen LogP contribution in [0.4, 0.5) is 0 Å². The van der Waals surface area contributed by atoms with Gasteiger partial charge in [-0.25, -0.2) is 0 Å². The summed E-state index contributed by atoms with van der Waals surface area (Å²) in [4.78, 5) is 27.2. The summed E-state index contributed by atoms with van der Waals surface area (Å²) in [7, 11) is 1.61. The molecule has 2 saturated heterocycles. The van der Waals surface area contributed by atoms with Crippen molar-refractivity contribution in [1.82, 2.24) is 9.80 Å². The molecule has 0 spiro atoms. The van der Waals surface area contributed by atoms with Gasteiger partial charge in [0.25, 0.3) is 0 Å². The number of aliphatic carboxylic acids is 1. The number of carbonyl (C=O) groups excluding carboxylic acids is 1. The fourth-order valence-electron chi connectivity index (χ4n) is 3.87. The van der Waals surface area contributed by atoms with E-state index in [9.17, 15) is 14.7 Å². The van der Waals surface area contributed by atoms with Crippen molar-refractivity contribution in [3.05, 3.63) is 24.3 Å². The fraction of sp³-hybridized carbons (Fsp3) is 0.556. The van der Waals surface area contributed by atoms with Crippen LogP contribution in [0.3, 0.4) is 0 Å². The molecule has 2 aliphatic heterocycles. The van der Waals surface area contributed by atoms with Gasteiger partial charge in [-0.05, 0) is 12.1 Å². The van der Waals surface area contributed by atoms with Gasteiger partial charge in [-0.3, -0.25) is 14.5 Å². The second-order valence-electron chi connectivity index (χ2n) is 6.82. The molecule has 7 heteroatoms. The molecule has 0 aliphatic carbocycles. The topological polar surface area (TPSA) is 79.3 Å². The number of hydrogen-bond donors (Lipinski definition) is 1. The summed E-state index contributed by atoms with van der Waals surface area (Å²) in [5.74, 6) is 0.586. The molecule has 1 N–H and O–H groups in total. The number of carboxylic acid groups (broad SMARTS) is 1. The highest BCUT2D eigenvalue weighted by atomic mass is 16.5. The third kappa shape index (κ3) is 3.42. The molecule has 2 atom stereocenters. The average molecular weight is 348 g/mol. The predicted octanol–water partition coefficient (Wildman–Crippen LogP) is 0.939. The number of fused-ring (bicyclic) bond motifs is 1. The first-order valence-electron chi connectivity index (χ1n) is 8.43. The molecular formula is C18H24N2O5. The maximum absolute atomic E-state index is 11.9. The first-order valence-corrected chi connectivity index (χ1v) is 8.43. The lowest BCUT2D eigenvalue weighted by Crippen LogP contribution is -2.42. The fourth-order valence-corrected chi connectivity index (χ4v) is 3.87. The van der Waals surface area contributed by atoms with Crippen LogP contribution in [0.25, 0.3) is 0 Å². The Morgan fingerprint density at radius 3 is 2.68 bits per heavy atom. The van der Waals surface area contributed by atoms with Crippen molar-refractivity contribution in [3.8, 4) is 11.5 Å². The quantitative estimate of drug-likeness (QED) is 0.824. The summed E-state index contributed by atoms with van der Waals surface area (Å²) >= 11 is 0. The monoisotopic (exact) mass is 348 g/mol. The molecule has 2 heterocycles. The van der Waals surface area contributed by atoms with Crippen LogP contribution in [0.5, 0.6) is 11.5 Å². The van der Waals surface area contributed by atoms with E-state index in [1.807, 2.05) is 24.3 Å². The van der Waals surface area contributed by atoms with Crippen molar-refractivity contribution < 1.29 is 24.2 Å². The smallest absolute Gasteiger partial charge is 0.313 e. The number of likely N-dealkylation sites (tertiary alicyclic amines) is 2. The molecule has 136 valence electrons. The number of carboxylic acids is 1. The summed E-state index contributed by atoms with van der Waals surface area (Å²) < 4.78 is 10.9. The summed E-state index contributed by atoms with van der Waals surface area (Å²) in [5, 5.41) is 9.74. The number of ether oxygens (including phenoxy) is 2. The minimum Gasteiger partial charge on any atom is -0.497 e. The van der Waals surface area contributed by atoms with Crippen molar-refractivity contribution in [2.75, 3.05) is 46.4 Å². The van der Waals surface area contributed by atoms with E-state index in [-0.39, 0.29) is 11.8 Å². The van der Waals surface area contributed by atoms with E-state index in [0.29, 0.717) is 39.3 Å². The normalized spacial score (nSPS) is 25.7. The summed E-state index contributed by atoms with van der Waals surface area (Å²) in [6.07, 6.45) is 0. The zero-order valence-electron chi connectivity index (χ0n) is 14.6. The Balaban J connectivity index is 1.56. The number of methoxy groups -OCH3 is 1. The van der Waals surface area contributed by atoms with Crippen molar-refractivity contribution >= 4 is 11.9 Å². The minimum absolute atomic E-state index is 0.0225. The zero-order chi connectivity index (χ0) is 18.0. The maximum atomic E-state index is 11.9. The van der Waals surface area contributed by atoms with Crippen molar-refractivity contribution in [3.63, 3.8) is 0 Å². The first kappa shape index (κ1) is 17.5. The van der Waals surface area contributed by atoms with Gasteiger partial charge in [-0.15, -0.1) is 0 Å². The third-order valence-corrected chi connectivity index (χ3v) is 5.27. The molecular weight excluding hydrogens is 324 g/mol. The largest absolute Gasteiger partial charge is 0.497 e. The van der Waals surface area contributed by atoms with Crippen LogP contribution in [0.15, 0.2) is 24.3 Å². The van der Waals surface area contributed by atoms with Gasteiger partial charge >= 0.3 is 5.97 Å². The zero-order valence-corrected chi connectivity index (χ0v) is 14.6. The van der Waals surface area contributed by atoms with Gasteiger partial charge in [0.1, 0.15) is 23.5 Å². The lowest BCUT2D eigenvalue weighted by Gasteiger charge is -2.25. The van der Waals surface area contributed by atoms with Gasteiger partial charge in [-0.1, -0.05) is 6.07 Å². The Morgan fingerprint density at radius 1 is 1.28 bits per heavy atom. The number of hydrogen-bond acceptors (Lipinski definition) is 5. The molecule has 0 bridgehead atoms. The molecule has 3 rings (SSSR count). The molecule has 0 radical (unpaired) electrons. The van der Waals surface area contributed by atoms with Gasteiger partial charge in [0, 0.05) is 51.6 Å². The van der Waals surface area contributed by atoms with Crippen LogP contribution in [0.2, 0.25) is 0 Å². The third-order valence-electron chi connectivity index (χ3n) is 5.27. The number of nitrogens with zero attached hydrogens (tertiary/aromatic N) is 2. The molecule has 1 aromatic rings. The summed E-state index contributed by atoms with van der Waals surface area (Å²) in [5.41, 5.74) is -0.846. The standard InChI is InChI=1S/C18H24N2O5/c1-13(21)20-10-14-9-19(11-18(14,12-20)17(22)23)6-7-25-16-5-3-4-15(8-16)24-2/h3-5,8,14H,6-7,9-12H2,1-2H3,(H,22,23)/t14-,18-/m1/s1. The van der Waals surface area contributed by atoms with Gasteiger partial charge in [0.05, 0.1) is 7.11 Å². The molecule has 1 amide bonds. The van der Waals surface area contributed by atoms with E-state index in [1.54, 1.807) is 12.0 Å². The second kappa shape index (κ2) is 6.92. The van der Waals surface area contributed by atoms with Gasteiger partial charge in [-0.2, -0.15) is 0 Å². The first-order chi connectivity index (χ1) is 11.9. The van der Waals surface area contributed by atoms with Crippen LogP contribution in [0, 0.1) is 11.3 Å². The maximum Gasteiger partial charge on any atom is 0.313 e. The van der Waals surface area contributed by atoms with E-state index in [0.717, 1.165) is 11.5 Å². The van der Waals surface area contributed by atoms with Crippen LogP contribution < -0.4 is 9.47 Å². The Bertz CT molecular complexity index is 665. The van der Waals surface area contributed by atoms with Crippen molar-refractivity contribution in [1.29, 1.82) is 0 Å². The Kier molecular flexibility index (Phi) is 4.85. The SMILES string of the molecule is COc1cccc(OCCN2C[C@@H]3CN(C(C)=O)C[C@]3(C(=O)O)C2)c1. The number of rotatable bonds is 6. The van der Waals surface area contributed by atoms with Crippen LogP contribution >= 0.6 is 0 Å². The Labute approximate surface area is 147 Å². The second-order valence-corrected chi connectivity index (χ2v) is 6.82. The van der Waals surface area contributed by atoms with E-state index in [1.165, 1.54) is 6.92 Å². The van der Waals surface area contributed by atoms with E-state index < -0.39 is 11.4 Å². The molecule has 0 aromatic heterocycles. The number of benzene rings is 1.